The highest BCUT2D eigenvalue weighted by atomic mass is 16.5. The summed E-state index contributed by atoms with van der Waals surface area (Å²) in [7, 11) is 0. The molecular weight excluding hydrogens is 514 g/mol. The van der Waals surface area contributed by atoms with Crippen molar-refractivity contribution in [2.24, 2.45) is 0 Å². The molecule has 198 valence electrons. The first-order valence-electron chi connectivity index (χ1n) is 14.2. The van der Waals surface area contributed by atoms with E-state index < -0.39 is 0 Å². The van der Waals surface area contributed by atoms with Gasteiger partial charge >= 0.3 is 0 Å². The van der Waals surface area contributed by atoms with Gasteiger partial charge in [-0.05, 0) is 76.9 Å². The van der Waals surface area contributed by atoms with Gasteiger partial charge in [0.15, 0.2) is 5.82 Å². The Morgan fingerprint density at radius 1 is 0.500 bits per heavy atom. The summed E-state index contributed by atoms with van der Waals surface area (Å²) in [6.07, 6.45) is 0. The molecule has 0 aliphatic carbocycles. The number of ether oxygens (including phenoxy) is 1. The minimum Gasteiger partial charge on any atom is -0.483 e. The van der Waals surface area contributed by atoms with E-state index in [2.05, 4.69) is 143 Å². The summed E-state index contributed by atoms with van der Waals surface area (Å²) < 4.78 is 10.8. The molecule has 4 heteroatoms. The molecule has 0 radical (unpaired) electrons. The minimum absolute atomic E-state index is 0.459. The van der Waals surface area contributed by atoms with Gasteiger partial charge < -0.3 is 9.30 Å². The van der Waals surface area contributed by atoms with Crippen molar-refractivity contribution in [1.82, 2.24) is 14.1 Å². The van der Waals surface area contributed by atoms with Gasteiger partial charge in [0.1, 0.15) is 12.4 Å². The average molecular weight is 540 g/mol. The van der Waals surface area contributed by atoms with Gasteiger partial charge in [0, 0.05) is 16.5 Å². The maximum absolute atomic E-state index is 6.16. The van der Waals surface area contributed by atoms with Crippen molar-refractivity contribution >= 4 is 32.8 Å². The second-order valence-corrected chi connectivity index (χ2v) is 10.8. The van der Waals surface area contributed by atoms with Crippen LogP contribution in [0.2, 0.25) is 0 Å². The highest BCUT2D eigenvalue weighted by Gasteiger charge is 2.23. The minimum atomic E-state index is 0.459. The molecular formula is C38H25N3O. The maximum atomic E-state index is 6.16. The van der Waals surface area contributed by atoms with Crippen LogP contribution in [0.1, 0.15) is 5.82 Å². The molecule has 1 aliphatic rings. The van der Waals surface area contributed by atoms with Gasteiger partial charge in [0.25, 0.3) is 0 Å². The number of rotatable bonds is 3. The normalized spacial score (nSPS) is 12.4. The van der Waals surface area contributed by atoms with Crippen LogP contribution in [0.5, 0.6) is 5.75 Å². The van der Waals surface area contributed by atoms with Gasteiger partial charge in [-0.2, -0.15) is 0 Å². The molecule has 8 aromatic rings. The zero-order valence-corrected chi connectivity index (χ0v) is 22.7. The van der Waals surface area contributed by atoms with E-state index >= 15 is 0 Å². The Morgan fingerprint density at radius 3 is 1.79 bits per heavy atom. The molecule has 6 aromatic carbocycles. The standard InChI is InChI=1S/C38H25N3O/c1-3-9-25(10-4-1)27-15-18-33-30(21-27)31-22-28(26-11-5-2-6-12-26)16-19-34(31)40(33)29-17-20-37-36(23-29)41-35-14-8-7-13-32(35)39-38(41)24-42-37/h1-23H,24H2. The predicted molar refractivity (Wildman–Crippen MR) is 171 cm³/mol. The fraction of sp³-hybridized carbons (Fsp3) is 0.0263. The van der Waals surface area contributed by atoms with Gasteiger partial charge in [-0.1, -0.05) is 84.9 Å². The Hall–Kier alpha value is -5.61. The van der Waals surface area contributed by atoms with Crippen LogP contribution in [-0.4, -0.2) is 14.1 Å². The van der Waals surface area contributed by atoms with Crippen molar-refractivity contribution in [1.29, 1.82) is 0 Å². The number of nitrogens with zero attached hydrogens (tertiary/aromatic N) is 3. The number of para-hydroxylation sites is 2. The van der Waals surface area contributed by atoms with Crippen molar-refractivity contribution < 1.29 is 4.74 Å². The Kier molecular flexibility index (Phi) is 4.93. The molecule has 2 aromatic heterocycles. The van der Waals surface area contributed by atoms with Crippen LogP contribution in [0.25, 0.3) is 66.5 Å². The summed E-state index contributed by atoms with van der Waals surface area (Å²) in [6.45, 7) is 0.459. The van der Waals surface area contributed by atoms with E-state index in [0.717, 1.165) is 34.0 Å². The molecule has 3 heterocycles. The fourth-order valence-electron chi connectivity index (χ4n) is 6.45. The summed E-state index contributed by atoms with van der Waals surface area (Å²) in [5, 5.41) is 2.46. The second-order valence-electron chi connectivity index (χ2n) is 10.8. The van der Waals surface area contributed by atoms with Crippen molar-refractivity contribution in [2.75, 3.05) is 0 Å². The van der Waals surface area contributed by atoms with Crippen LogP contribution in [-0.2, 0) is 6.61 Å². The molecule has 0 saturated heterocycles. The molecule has 1 aliphatic heterocycles. The van der Waals surface area contributed by atoms with Crippen LogP contribution in [0.4, 0.5) is 0 Å². The molecule has 0 amide bonds. The largest absolute Gasteiger partial charge is 0.483 e. The first-order chi connectivity index (χ1) is 20.8. The number of imidazole rings is 1. The molecule has 4 nitrogen and oxygen atoms in total. The molecule has 0 saturated carbocycles. The Morgan fingerprint density at radius 2 is 1.12 bits per heavy atom. The molecule has 0 spiro atoms. The van der Waals surface area contributed by atoms with E-state index in [9.17, 15) is 0 Å². The third-order valence-corrected chi connectivity index (χ3v) is 8.41. The van der Waals surface area contributed by atoms with Crippen molar-refractivity contribution in [3.05, 3.63) is 145 Å². The molecule has 0 unspecified atom stereocenters. The van der Waals surface area contributed by atoms with Crippen LogP contribution in [0.15, 0.2) is 140 Å². The first kappa shape index (κ1) is 23.1. The Labute approximate surface area is 242 Å². The zero-order valence-electron chi connectivity index (χ0n) is 22.7. The first-order valence-corrected chi connectivity index (χ1v) is 14.2. The Bertz CT molecular complexity index is 2200. The van der Waals surface area contributed by atoms with E-state index in [4.69, 9.17) is 9.72 Å². The lowest BCUT2D eigenvalue weighted by atomic mass is 10.0. The smallest absolute Gasteiger partial charge is 0.152 e. The van der Waals surface area contributed by atoms with E-state index in [0.29, 0.717) is 6.61 Å². The van der Waals surface area contributed by atoms with E-state index in [1.54, 1.807) is 0 Å². The van der Waals surface area contributed by atoms with Gasteiger partial charge in [-0.25, -0.2) is 4.98 Å². The fourth-order valence-corrected chi connectivity index (χ4v) is 6.45. The summed E-state index contributed by atoms with van der Waals surface area (Å²) in [5.74, 6) is 1.79. The van der Waals surface area contributed by atoms with E-state index in [1.165, 1.54) is 44.1 Å². The zero-order chi connectivity index (χ0) is 27.6. The van der Waals surface area contributed by atoms with Crippen molar-refractivity contribution in [3.8, 4) is 39.4 Å². The number of hydrogen-bond acceptors (Lipinski definition) is 2. The van der Waals surface area contributed by atoms with Crippen molar-refractivity contribution in [2.45, 2.75) is 6.61 Å². The number of fused-ring (bicyclic) bond motifs is 8. The summed E-state index contributed by atoms with van der Waals surface area (Å²) >= 11 is 0. The molecule has 0 bridgehead atoms. The van der Waals surface area contributed by atoms with E-state index in [1.807, 2.05) is 6.07 Å². The van der Waals surface area contributed by atoms with Gasteiger partial charge in [0.2, 0.25) is 0 Å². The lowest BCUT2D eigenvalue weighted by molar-refractivity contribution is 0.280. The predicted octanol–water partition coefficient (Wildman–Crippen LogP) is 9.35. The topological polar surface area (TPSA) is 32.0 Å². The summed E-state index contributed by atoms with van der Waals surface area (Å²) in [5.41, 5.74) is 11.4. The van der Waals surface area contributed by atoms with Crippen LogP contribution >= 0.6 is 0 Å². The van der Waals surface area contributed by atoms with Gasteiger partial charge in [-0.3, -0.25) is 4.57 Å². The van der Waals surface area contributed by atoms with Crippen molar-refractivity contribution in [3.63, 3.8) is 0 Å². The molecule has 42 heavy (non-hydrogen) atoms. The second kappa shape index (κ2) is 8.95. The average Bonchev–Trinajstić information content (AvgIpc) is 3.61. The van der Waals surface area contributed by atoms with Crippen LogP contribution in [0, 0.1) is 0 Å². The summed E-state index contributed by atoms with van der Waals surface area (Å²) in [4.78, 5) is 4.85. The molecule has 0 atom stereocenters. The highest BCUT2D eigenvalue weighted by Crippen LogP contribution is 2.40. The number of benzene rings is 6. The molecule has 0 N–H and O–H groups in total. The SMILES string of the molecule is c1ccc(-c2ccc3c(c2)c2cc(-c4ccccc4)ccc2n3-c2ccc3c(c2)-n2c(nc4ccccc42)CO3)cc1. The summed E-state index contributed by atoms with van der Waals surface area (Å²) in [6, 6.07) is 49.6. The van der Waals surface area contributed by atoms with Crippen LogP contribution in [0.3, 0.4) is 0 Å². The number of aromatic nitrogens is 3. The van der Waals surface area contributed by atoms with Gasteiger partial charge in [0.05, 0.1) is 27.8 Å². The van der Waals surface area contributed by atoms with Crippen LogP contribution < -0.4 is 4.74 Å². The lowest BCUT2D eigenvalue weighted by Gasteiger charge is -2.21. The molecule has 9 rings (SSSR count). The van der Waals surface area contributed by atoms with Gasteiger partial charge in [-0.15, -0.1) is 0 Å². The Balaban J connectivity index is 1.31. The highest BCUT2D eigenvalue weighted by molar-refractivity contribution is 6.11. The third kappa shape index (κ3) is 3.45. The maximum Gasteiger partial charge on any atom is 0.152 e. The quantitative estimate of drug-likeness (QED) is 0.224. The number of hydrogen-bond donors (Lipinski definition) is 0. The molecule has 0 fully saturated rings. The monoisotopic (exact) mass is 539 g/mol. The lowest BCUT2D eigenvalue weighted by Crippen LogP contribution is -2.13. The third-order valence-electron chi connectivity index (χ3n) is 8.41. The van der Waals surface area contributed by atoms with E-state index in [-0.39, 0.29) is 0 Å².